The summed E-state index contributed by atoms with van der Waals surface area (Å²) in [6.45, 7) is 6.42. The molecule has 0 aliphatic carbocycles. The fourth-order valence-electron chi connectivity index (χ4n) is 2.12. The van der Waals surface area contributed by atoms with Crippen molar-refractivity contribution < 1.29 is 4.79 Å². The molecule has 1 fully saturated rings. The first-order valence-corrected chi connectivity index (χ1v) is 6.02. The Bertz CT molecular complexity index is 384. The Labute approximate surface area is 101 Å². The van der Waals surface area contributed by atoms with Crippen LogP contribution in [0.5, 0.6) is 0 Å². The molecule has 1 aliphatic heterocycles. The fourth-order valence-corrected chi connectivity index (χ4v) is 2.12. The molecule has 0 aromatic carbocycles. The second-order valence-electron chi connectivity index (χ2n) is 4.28. The summed E-state index contributed by atoms with van der Waals surface area (Å²) in [5.41, 5.74) is 1.26. The zero-order valence-electron chi connectivity index (χ0n) is 10.3. The molecule has 1 unspecified atom stereocenters. The molecule has 5 nitrogen and oxygen atoms in total. The van der Waals surface area contributed by atoms with Crippen molar-refractivity contribution in [1.29, 1.82) is 0 Å². The number of nitrogens with zero attached hydrogens (tertiary/aromatic N) is 3. The maximum absolute atomic E-state index is 12.3. The van der Waals surface area contributed by atoms with Crippen LogP contribution < -0.4 is 5.32 Å². The zero-order chi connectivity index (χ0) is 12.3. The molecule has 0 saturated carbocycles. The SMILES string of the molecule is CCN(C(=O)c1cnc(C)cn1)C1CCNC1. The van der Waals surface area contributed by atoms with E-state index in [2.05, 4.69) is 15.3 Å². The zero-order valence-corrected chi connectivity index (χ0v) is 10.3. The average Bonchev–Trinajstić information content (AvgIpc) is 2.84. The van der Waals surface area contributed by atoms with Gasteiger partial charge in [0, 0.05) is 25.3 Å². The van der Waals surface area contributed by atoms with Crippen molar-refractivity contribution in [3.63, 3.8) is 0 Å². The van der Waals surface area contributed by atoms with E-state index in [1.54, 1.807) is 12.4 Å². The van der Waals surface area contributed by atoms with Crippen LogP contribution in [-0.4, -0.2) is 46.5 Å². The van der Waals surface area contributed by atoms with Gasteiger partial charge in [-0.05, 0) is 26.8 Å². The van der Waals surface area contributed by atoms with E-state index in [1.807, 2.05) is 18.7 Å². The van der Waals surface area contributed by atoms with Crippen LogP contribution in [0.2, 0.25) is 0 Å². The number of hydrogen-bond donors (Lipinski definition) is 1. The van der Waals surface area contributed by atoms with Gasteiger partial charge in [0.05, 0.1) is 11.9 Å². The first-order valence-electron chi connectivity index (χ1n) is 6.02. The highest BCUT2D eigenvalue weighted by Gasteiger charge is 2.26. The van der Waals surface area contributed by atoms with Crippen molar-refractivity contribution in [2.75, 3.05) is 19.6 Å². The quantitative estimate of drug-likeness (QED) is 0.832. The number of carbonyl (C=O) groups is 1. The highest BCUT2D eigenvalue weighted by molar-refractivity contribution is 5.92. The Morgan fingerprint density at radius 1 is 1.53 bits per heavy atom. The third-order valence-electron chi connectivity index (χ3n) is 3.08. The van der Waals surface area contributed by atoms with Crippen LogP contribution >= 0.6 is 0 Å². The van der Waals surface area contributed by atoms with Crippen LogP contribution in [0.15, 0.2) is 12.4 Å². The lowest BCUT2D eigenvalue weighted by Crippen LogP contribution is -2.41. The fraction of sp³-hybridized carbons (Fsp3) is 0.583. The molecule has 0 spiro atoms. The van der Waals surface area contributed by atoms with E-state index in [0.717, 1.165) is 25.2 Å². The molecule has 5 heteroatoms. The van der Waals surface area contributed by atoms with Gasteiger partial charge < -0.3 is 10.2 Å². The minimum absolute atomic E-state index is 0.0197. The third kappa shape index (κ3) is 2.61. The molecule has 1 aliphatic rings. The standard InChI is InChI=1S/C12H18N4O/c1-3-16(10-4-5-13-7-10)12(17)11-8-14-9(2)6-15-11/h6,8,10,13H,3-5,7H2,1-2H3. The summed E-state index contributed by atoms with van der Waals surface area (Å²) in [7, 11) is 0. The lowest BCUT2D eigenvalue weighted by Gasteiger charge is -2.26. The van der Waals surface area contributed by atoms with E-state index in [9.17, 15) is 4.79 Å². The maximum atomic E-state index is 12.3. The predicted molar refractivity (Wildman–Crippen MR) is 64.8 cm³/mol. The van der Waals surface area contributed by atoms with E-state index in [0.29, 0.717) is 12.2 Å². The lowest BCUT2D eigenvalue weighted by molar-refractivity contribution is 0.0697. The van der Waals surface area contributed by atoms with Gasteiger partial charge in [-0.3, -0.25) is 9.78 Å². The van der Waals surface area contributed by atoms with Crippen molar-refractivity contribution in [3.8, 4) is 0 Å². The number of carbonyl (C=O) groups excluding carboxylic acids is 1. The summed E-state index contributed by atoms with van der Waals surface area (Å²) < 4.78 is 0. The third-order valence-corrected chi connectivity index (χ3v) is 3.08. The van der Waals surface area contributed by atoms with Gasteiger partial charge in [0.2, 0.25) is 0 Å². The number of rotatable bonds is 3. The first-order chi connectivity index (χ1) is 8.22. The summed E-state index contributed by atoms with van der Waals surface area (Å²) >= 11 is 0. The van der Waals surface area contributed by atoms with Crippen LogP contribution in [0.1, 0.15) is 29.5 Å². The summed E-state index contributed by atoms with van der Waals surface area (Å²) in [6.07, 6.45) is 4.20. The molecular formula is C12H18N4O. The van der Waals surface area contributed by atoms with Crippen LogP contribution in [0.25, 0.3) is 0 Å². The minimum Gasteiger partial charge on any atom is -0.333 e. The number of likely N-dealkylation sites (N-methyl/N-ethyl adjacent to an activating group) is 1. The van der Waals surface area contributed by atoms with Gasteiger partial charge in [-0.2, -0.15) is 0 Å². The van der Waals surface area contributed by atoms with Crippen LogP contribution in [0.3, 0.4) is 0 Å². The van der Waals surface area contributed by atoms with Gasteiger partial charge in [-0.1, -0.05) is 0 Å². The second kappa shape index (κ2) is 5.23. The Balaban J connectivity index is 2.13. The summed E-state index contributed by atoms with van der Waals surface area (Å²) in [6, 6.07) is 0.288. The highest BCUT2D eigenvalue weighted by Crippen LogP contribution is 2.11. The largest absolute Gasteiger partial charge is 0.333 e. The number of nitrogens with one attached hydrogen (secondary N) is 1. The number of aromatic nitrogens is 2. The number of aryl methyl sites for hydroxylation is 1. The Morgan fingerprint density at radius 2 is 2.35 bits per heavy atom. The second-order valence-corrected chi connectivity index (χ2v) is 4.28. The lowest BCUT2D eigenvalue weighted by atomic mass is 10.2. The molecule has 0 radical (unpaired) electrons. The van der Waals surface area contributed by atoms with Crippen molar-refractivity contribution in [2.24, 2.45) is 0 Å². The molecule has 17 heavy (non-hydrogen) atoms. The molecule has 92 valence electrons. The highest BCUT2D eigenvalue weighted by atomic mass is 16.2. The van der Waals surface area contributed by atoms with Gasteiger partial charge in [-0.15, -0.1) is 0 Å². The van der Waals surface area contributed by atoms with Crippen molar-refractivity contribution in [1.82, 2.24) is 20.2 Å². The van der Waals surface area contributed by atoms with Gasteiger partial charge in [0.25, 0.3) is 5.91 Å². The molecule has 1 N–H and O–H groups in total. The number of amides is 1. The predicted octanol–water partition coefficient (Wildman–Crippen LogP) is 0.609. The van der Waals surface area contributed by atoms with Gasteiger partial charge >= 0.3 is 0 Å². The monoisotopic (exact) mass is 234 g/mol. The molecule has 1 saturated heterocycles. The van der Waals surface area contributed by atoms with E-state index in [1.165, 1.54) is 0 Å². The Hall–Kier alpha value is -1.49. The van der Waals surface area contributed by atoms with Crippen molar-refractivity contribution >= 4 is 5.91 Å². The van der Waals surface area contributed by atoms with Crippen LogP contribution in [0.4, 0.5) is 0 Å². The maximum Gasteiger partial charge on any atom is 0.274 e. The first kappa shape index (κ1) is 12.0. The molecular weight excluding hydrogens is 216 g/mol. The minimum atomic E-state index is -0.0197. The molecule has 2 heterocycles. The molecule has 0 bridgehead atoms. The topological polar surface area (TPSA) is 58.1 Å². The summed E-state index contributed by atoms with van der Waals surface area (Å²) in [5, 5.41) is 3.27. The van der Waals surface area contributed by atoms with E-state index < -0.39 is 0 Å². The Kier molecular flexibility index (Phi) is 3.68. The average molecular weight is 234 g/mol. The van der Waals surface area contributed by atoms with Gasteiger partial charge in [-0.25, -0.2) is 4.98 Å². The molecule has 1 atom stereocenters. The van der Waals surface area contributed by atoms with Gasteiger partial charge in [0.1, 0.15) is 5.69 Å². The van der Waals surface area contributed by atoms with Crippen LogP contribution in [0, 0.1) is 6.92 Å². The van der Waals surface area contributed by atoms with E-state index >= 15 is 0 Å². The molecule has 1 aromatic rings. The smallest absolute Gasteiger partial charge is 0.274 e. The molecule has 2 rings (SSSR count). The normalized spacial score (nSPS) is 19.3. The van der Waals surface area contributed by atoms with Crippen molar-refractivity contribution in [3.05, 3.63) is 23.8 Å². The van der Waals surface area contributed by atoms with E-state index in [4.69, 9.17) is 0 Å². The van der Waals surface area contributed by atoms with E-state index in [-0.39, 0.29) is 11.9 Å². The summed E-state index contributed by atoms with van der Waals surface area (Å²) in [5.74, 6) is -0.0197. The summed E-state index contributed by atoms with van der Waals surface area (Å²) in [4.78, 5) is 22.4. The number of hydrogen-bond acceptors (Lipinski definition) is 4. The van der Waals surface area contributed by atoms with Crippen LogP contribution in [-0.2, 0) is 0 Å². The Morgan fingerprint density at radius 3 is 2.88 bits per heavy atom. The van der Waals surface area contributed by atoms with Crippen molar-refractivity contribution in [2.45, 2.75) is 26.3 Å². The molecule has 1 aromatic heterocycles. The van der Waals surface area contributed by atoms with Gasteiger partial charge in [0.15, 0.2) is 0 Å². The molecule has 1 amide bonds.